The average Bonchev–Trinajstić information content (AvgIpc) is 2.85. The van der Waals surface area contributed by atoms with Gasteiger partial charge in [0.25, 0.3) is 5.69 Å². The van der Waals surface area contributed by atoms with Gasteiger partial charge in [-0.25, -0.2) is 4.79 Å². The smallest absolute Gasteiger partial charge is 0.410 e. The largest absolute Gasteiger partial charge is 0.480 e. The van der Waals surface area contributed by atoms with Crippen LogP contribution in [0.25, 0.3) is 0 Å². The summed E-state index contributed by atoms with van der Waals surface area (Å²) in [5.74, 6) is -0.189. The zero-order valence-electron chi connectivity index (χ0n) is 17.8. The molecule has 1 amide bonds. The number of non-ortho nitro benzene ring substituents is 1. The molecular formula is C19H26ClN3O8S2. The predicted molar refractivity (Wildman–Crippen MR) is 127 cm³/mol. The van der Waals surface area contributed by atoms with Gasteiger partial charge in [-0.15, -0.1) is 35.1 Å². The third kappa shape index (κ3) is 10.5. The van der Waals surface area contributed by atoms with Crippen LogP contribution in [0, 0.1) is 10.1 Å². The lowest BCUT2D eigenvalue weighted by Gasteiger charge is -2.29. The molecule has 2 atom stereocenters. The molecule has 3 rings (SSSR count). The Morgan fingerprint density at radius 2 is 1.76 bits per heavy atom. The Morgan fingerprint density at radius 3 is 2.24 bits per heavy atom. The number of alkyl halides is 1. The van der Waals surface area contributed by atoms with E-state index < -0.39 is 28.2 Å². The van der Waals surface area contributed by atoms with Crippen LogP contribution in [0.1, 0.15) is 5.56 Å². The molecule has 0 aliphatic carbocycles. The molecule has 33 heavy (non-hydrogen) atoms. The van der Waals surface area contributed by atoms with Gasteiger partial charge in [0, 0.05) is 56.2 Å². The fourth-order valence-corrected chi connectivity index (χ4v) is 4.60. The maximum absolute atomic E-state index is 11.9. The molecule has 0 radical (unpaired) electrons. The second kappa shape index (κ2) is 15.6. The number of hydrogen-bond acceptors (Lipinski definition) is 9. The fourth-order valence-electron chi connectivity index (χ4n) is 2.64. The molecule has 1 aromatic carbocycles. The van der Waals surface area contributed by atoms with E-state index in [0.717, 1.165) is 12.3 Å². The van der Waals surface area contributed by atoms with E-state index in [0.29, 0.717) is 24.4 Å². The number of thioether (sulfide) groups is 2. The van der Waals surface area contributed by atoms with Crippen molar-refractivity contribution in [1.82, 2.24) is 10.2 Å². The first-order chi connectivity index (χ1) is 15.8. The van der Waals surface area contributed by atoms with Crippen LogP contribution in [0.3, 0.4) is 0 Å². The topological polar surface area (TPSA) is 159 Å². The van der Waals surface area contributed by atoms with Crippen LogP contribution in [0.5, 0.6) is 0 Å². The third-order valence-electron chi connectivity index (χ3n) is 4.31. The monoisotopic (exact) mass is 523 g/mol. The zero-order valence-corrected chi connectivity index (χ0v) is 20.2. The lowest BCUT2D eigenvalue weighted by Crippen LogP contribution is -2.44. The Hall–Kier alpha value is -2.22. The normalized spacial score (nSPS) is 19.6. The SMILES string of the molecule is CCl.O=C(O)C1CN(C(=O)OCc2ccc([N+](=O)[O-])cc2)CCS1.O=C(O)C1CNCCS1. The van der Waals surface area contributed by atoms with Crippen LogP contribution < -0.4 is 5.32 Å². The number of aliphatic carboxylic acids is 2. The van der Waals surface area contributed by atoms with Crippen LogP contribution in [-0.4, -0.2) is 92.6 Å². The highest BCUT2D eigenvalue weighted by Gasteiger charge is 2.29. The molecule has 0 bridgehead atoms. The minimum absolute atomic E-state index is 0.0157. The van der Waals surface area contributed by atoms with Gasteiger partial charge in [0.2, 0.25) is 0 Å². The number of carboxylic acid groups (broad SMARTS) is 2. The Morgan fingerprint density at radius 1 is 1.15 bits per heavy atom. The van der Waals surface area contributed by atoms with E-state index in [1.807, 2.05) is 0 Å². The molecule has 0 spiro atoms. The standard InChI is InChI=1S/C13H14N2O6S.C5H9NO2S.CH3Cl/c16-12(17)11-7-14(5-6-22-11)13(18)21-8-9-1-3-10(4-2-9)15(19)20;7-5(8)4-3-6-1-2-9-4;1-2/h1-4,11H,5-8H2,(H,16,17);4,6H,1-3H2,(H,7,8);1H3. The number of nitrogens with zero attached hydrogens (tertiary/aromatic N) is 2. The summed E-state index contributed by atoms with van der Waals surface area (Å²) in [6.45, 7) is 2.08. The molecule has 2 unspecified atom stereocenters. The fraction of sp³-hybridized carbons (Fsp3) is 0.526. The molecule has 14 heteroatoms. The number of halogens is 1. The quantitative estimate of drug-likeness (QED) is 0.295. The summed E-state index contributed by atoms with van der Waals surface area (Å²) in [5.41, 5.74) is 0.590. The minimum Gasteiger partial charge on any atom is -0.480 e. The van der Waals surface area contributed by atoms with Gasteiger partial charge in [-0.2, -0.15) is 0 Å². The van der Waals surface area contributed by atoms with E-state index in [9.17, 15) is 24.5 Å². The number of amides is 1. The molecule has 2 aliphatic rings. The Labute approximate surface area is 204 Å². The van der Waals surface area contributed by atoms with Crippen molar-refractivity contribution in [3.8, 4) is 0 Å². The average molecular weight is 524 g/mol. The van der Waals surface area contributed by atoms with Gasteiger partial charge >= 0.3 is 18.0 Å². The van der Waals surface area contributed by atoms with Crippen molar-refractivity contribution in [2.45, 2.75) is 17.1 Å². The zero-order chi connectivity index (χ0) is 24.8. The number of nitro groups is 1. The molecule has 3 N–H and O–H groups in total. The van der Waals surface area contributed by atoms with Crippen molar-refractivity contribution >= 4 is 58.8 Å². The second-order valence-corrected chi connectivity index (χ2v) is 9.14. The molecule has 1 aromatic rings. The van der Waals surface area contributed by atoms with Crippen molar-refractivity contribution in [3.05, 3.63) is 39.9 Å². The van der Waals surface area contributed by atoms with Crippen molar-refractivity contribution in [2.75, 3.05) is 44.1 Å². The molecule has 2 aliphatic heterocycles. The third-order valence-corrected chi connectivity index (χ3v) is 6.69. The minimum atomic E-state index is -0.946. The van der Waals surface area contributed by atoms with E-state index in [1.165, 1.54) is 59.1 Å². The summed E-state index contributed by atoms with van der Waals surface area (Å²) in [6.07, 6.45) is 0.893. The highest BCUT2D eigenvalue weighted by molar-refractivity contribution is 8.00. The van der Waals surface area contributed by atoms with Crippen LogP contribution in [0.4, 0.5) is 10.5 Å². The molecule has 2 heterocycles. The summed E-state index contributed by atoms with van der Waals surface area (Å²) < 4.78 is 5.11. The van der Waals surface area contributed by atoms with E-state index in [4.69, 9.17) is 14.9 Å². The van der Waals surface area contributed by atoms with Crippen molar-refractivity contribution in [1.29, 1.82) is 0 Å². The summed E-state index contributed by atoms with van der Waals surface area (Å²) >= 11 is 7.45. The van der Waals surface area contributed by atoms with Crippen LogP contribution in [-0.2, 0) is 20.9 Å². The van der Waals surface area contributed by atoms with Crippen molar-refractivity contribution in [3.63, 3.8) is 0 Å². The molecule has 2 fully saturated rings. The van der Waals surface area contributed by atoms with Crippen LogP contribution in [0.2, 0.25) is 0 Å². The number of carboxylic acids is 2. The summed E-state index contributed by atoms with van der Waals surface area (Å²) in [6, 6.07) is 5.69. The number of hydrogen-bond donors (Lipinski definition) is 3. The van der Waals surface area contributed by atoms with Crippen molar-refractivity contribution in [2.24, 2.45) is 0 Å². The van der Waals surface area contributed by atoms with Crippen LogP contribution >= 0.6 is 35.1 Å². The molecule has 11 nitrogen and oxygen atoms in total. The number of benzene rings is 1. The molecule has 0 aromatic heterocycles. The summed E-state index contributed by atoms with van der Waals surface area (Å²) in [4.78, 5) is 44.5. The van der Waals surface area contributed by atoms with E-state index >= 15 is 0 Å². The summed E-state index contributed by atoms with van der Waals surface area (Å²) in [5, 5.41) is 30.1. The first-order valence-electron chi connectivity index (χ1n) is 9.70. The van der Waals surface area contributed by atoms with E-state index in [-0.39, 0.29) is 24.1 Å². The maximum Gasteiger partial charge on any atom is 0.410 e. The number of ether oxygens (including phenoxy) is 1. The van der Waals surface area contributed by atoms with Gasteiger partial charge in [0.1, 0.15) is 17.1 Å². The number of nitrogens with one attached hydrogen (secondary N) is 1. The Bertz CT molecular complexity index is 794. The van der Waals surface area contributed by atoms with Gasteiger partial charge in [0.15, 0.2) is 0 Å². The Balaban J connectivity index is 0.000000412. The molecule has 2 saturated heterocycles. The second-order valence-electron chi connectivity index (χ2n) is 6.52. The molecule has 184 valence electrons. The number of rotatable bonds is 5. The highest BCUT2D eigenvalue weighted by Crippen LogP contribution is 2.20. The van der Waals surface area contributed by atoms with Gasteiger partial charge in [-0.05, 0) is 17.7 Å². The lowest BCUT2D eigenvalue weighted by molar-refractivity contribution is -0.384. The first-order valence-corrected chi connectivity index (χ1v) is 12.6. The Kier molecular flexibility index (Phi) is 13.6. The molecular weight excluding hydrogens is 498 g/mol. The number of carbonyl (C=O) groups excluding carboxylic acids is 1. The van der Waals surface area contributed by atoms with Crippen molar-refractivity contribution < 1.29 is 34.3 Å². The highest BCUT2D eigenvalue weighted by atomic mass is 35.5. The van der Waals surface area contributed by atoms with Gasteiger partial charge < -0.3 is 25.2 Å². The first kappa shape index (κ1) is 28.8. The predicted octanol–water partition coefficient (Wildman–Crippen LogP) is 2.36. The van der Waals surface area contributed by atoms with E-state index in [1.54, 1.807) is 0 Å². The molecule has 0 saturated carbocycles. The summed E-state index contributed by atoms with van der Waals surface area (Å²) in [7, 11) is 0. The van der Waals surface area contributed by atoms with Gasteiger partial charge in [-0.3, -0.25) is 19.7 Å². The van der Waals surface area contributed by atoms with Gasteiger partial charge in [-0.1, -0.05) is 0 Å². The van der Waals surface area contributed by atoms with Crippen LogP contribution in [0.15, 0.2) is 24.3 Å². The lowest BCUT2D eigenvalue weighted by atomic mass is 10.2. The number of carbonyl (C=O) groups is 3. The number of nitro benzene ring substituents is 1. The van der Waals surface area contributed by atoms with E-state index in [2.05, 4.69) is 16.9 Å². The maximum atomic E-state index is 11.9. The van der Waals surface area contributed by atoms with Gasteiger partial charge in [0.05, 0.1) is 4.92 Å².